The molecule has 3 rings (SSSR count). The molecule has 0 saturated carbocycles. The van der Waals surface area contributed by atoms with Gasteiger partial charge >= 0.3 is 6.18 Å². The zero-order chi connectivity index (χ0) is 26.0. The minimum atomic E-state index is -4.65. The van der Waals surface area contributed by atoms with Crippen molar-refractivity contribution in [1.29, 1.82) is 0 Å². The quantitative estimate of drug-likeness (QED) is 0.514. The van der Waals surface area contributed by atoms with Gasteiger partial charge < -0.3 is 4.90 Å². The summed E-state index contributed by atoms with van der Waals surface area (Å²) in [5.41, 5.74) is -0.453. The Hall–Kier alpha value is -2.50. The van der Waals surface area contributed by atoms with Gasteiger partial charge in [-0.2, -0.15) is 17.5 Å². The zero-order valence-corrected chi connectivity index (χ0v) is 20.6. The standard InChI is InChI=1S/C24H29F4N3O3S/c1-17(2)31(35(33,34)22-6-4-5-18(15-22)24(26,27)28)21-11-13-30(14-12-21)16-23(32)29(3)20-9-7-19(25)8-10-20/h4-10,15,17,21H,11-14,16H2,1-3H3. The number of carbonyl (C=O) groups is 1. The monoisotopic (exact) mass is 515 g/mol. The van der Waals surface area contributed by atoms with Crippen molar-refractivity contribution in [3.05, 3.63) is 59.9 Å². The largest absolute Gasteiger partial charge is 0.416 e. The van der Waals surface area contributed by atoms with Crippen molar-refractivity contribution in [3.63, 3.8) is 0 Å². The number of rotatable bonds is 7. The van der Waals surface area contributed by atoms with E-state index in [0.717, 1.165) is 12.1 Å². The topological polar surface area (TPSA) is 60.9 Å². The van der Waals surface area contributed by atoms with E-state index in [1.54, 1.807) is 20.9 Å². The van der Waals surface area contributed by atoms with E-state index in [2.05, 4.69) is 0 Å². The molecule has 1 aliphatic rings. The molecule has 0 bridgehead atoms. The van der Waals surface area contributed by atoms with Crippen molar-refractivity contribution in [1.82, 2.24) is 9.21 Å². The van der Waals surface area contributed by atoms with Gasteiger partial charge in [-0.05, 0) is 69.2 Å². The van der Waals surface area contributed by atoms with Crippen LogP contribution in [0.25, 0.3) is 0 Å². The molecule has 0 unspecified atom stereocenters. The Kier molecular flexibility index (Phi) is 8.23. The second kappa shape index (κ2) is 10.6. The lowest BCUT2D eigenvalue weighted by Gasteiger charge is -2.39. The van der Waals surface area contributed by atoms with E-state index in [9.17, 15) is 30.8 Å². The number of anilines is 1. The summed E-state index contributed by atoms with van der Waals surface area (Å²) in [6, 6.07) is 8.50. The molecule has 1 amide bonds. The second-order valence-corrected chi connectivity index (χ2v) is 10.7. The summed E-state index contributed by atoms with van der Waals surface area (Å²) in [5.74, 6) is -0.584. The summed E-state index contributed by atoms with van der Waals surface area (Å²) in [6.07, 6.45) is -3.78. The first-order chi connectivity index (χ1) is 16.3. The van der Waals surface area contributed by atoms with Crippen molar-refractivity contribution in [2.45, 2.75) is 49.8 Å². The smallest absolute Gasteiger partial charge is 0.314 e. The average Bonchev–Trinajstić information content (AvgIpc) is 2.79. The highest BCUT2D eigenvalue weighted by Gasteiger charge is 2.38. The van der Waals surface area contributed by atoms with Crippen LogP contribution in [0.2, 0.25) is 0 Å². The van der Waals surface area contributed by atoms with Crippen molar-refractivity contribution in [2.24, 2.45) is 0 Å². The van der Waals surface area contributed by atoms with Crippen LogP contribution in [0.4, 0.5) is 23.2 Å². The van der Waals surface area contributed by atoms with Crippen molar-refractivity contribution < 1.29 is 30.8 Å². The predicted octanol–water partition coefficient (Wildman–Crippen LogP) is 4.37. The molecule has 0 N–H and O–H groups in total. The summed E-state index contributed by atoms with van der Waals surface area (Å²) in [6.45, 7) is 4.41. The van der Waals surface area contributed by atoms with Crippen LogP contribution in [0.15, 0.2) is 53.4 Å². The maximum Gasteiger partial charge on any atom is 0.416 e. The van der Waals surface area contributed by atoms with E-state index in [1.807, 2.05) is 4.90 Å². The van der Waals surface area contributed by atoms with E-state index in [4.69, 9.17) is 0 Å². The van der Waals surface area contributed by atoms with Gasteiger partial charge in [0.2, 0.25) is 15.9 Å². The third kappa shape index (κ3) is 6.39. The summed E-state index contributed by atoms with van der Waals surface area (Å²) in [4.78, 5) is 15.6. The Bertz CT molecular complexity index is 1130. The van der Waals surface area contributed by atoms with Gasteiger partial charge in [0.05, 0.1) is 17.0 Å². The molecule has 1 saturated heterocycles. The molecule has 35 heavy (non-hydrogen) atoms. The van der Waals surface area contributed by atoms with Crippen molar-refractivity contribution in [3.8, 4) is 0 Å². The molecule has 0 radical (unpaired) electrons. The normalized spacial score (nSPS) is 16.1. The van der Waals surface area contributed by atoms with Gasteiger partial charge in [-0.25, -0.2) is 12.8 Å². The van der Waals surface area contributed by atoms with Crippen LogP contribution in [0.1, 0.15) is 32.3 Å². The highest BCUT2D eigenvalue weighted by Crippen LogP contribution is 2.33. The highest BCUT2D eigenvalue weighted by atomic mass is 32.2. The van der Waals surface area contributed by atoms with Gasteiger partial charge in [0.1, 0.15) is 5.82 Å². The molecule has 0 atom stereocenters. The number of alkyl halides is 3. The van der Waals surface area contributed by atoms with E-state index in [0.29, 0.717) is 37.7 Å². The molecule has 1 fully saturated rings. The van der Waals surface area contributed by atoms with Gasteiger partial charge in [-0.15, -0.1) is 0 Å². The van der Waals surface area contributed by atoms with Crippen LogP contribution in [0.3, 0.4) is 0 Å². The lowest BCUT2D eigenvalue weighted by atomic mass is 10.0. The minimum Gasteiger partial charge on any atom is -0.314 e. The van der Waals surface area contributed by atoms with Gasteiger partial charge in [-0.3, -0.25) is 9.69 Å². The number of amides is 1. The van der Waals surface area contributed by atoms with E-state index < -0.39 is 39.7 Å². The van der Waals surface area contributed by atoms with Crippen molar-refractivity contribution in [2.75, 3.05) is 31.6 Å². The maximum absolute atomic E-state index is 13.3. The first-order valence-corrected chi connectivity index (χ1v) is 12.7. The minimum absolute atomic E-state index is 0.114. The number of hydrogen-bond donors (Lipinski definition) is 0. The third-order valence-corrected chi connectivity index (χ3v) is 8.23. The molecule has 0 aromatic heterocycles. The zero-order valence-electron chi connectivity index (χ0n) is 19.8. The Morgan fingerprint density at radius 2 is 1.69 bits per heavy atom. The molecule has 192 valence electrons. The molecule has 2 aromatic carbocycles. The van der Waals surface area contributed by atoms with E-state index in [1.165, 1.54) is 39.5 Å². The number of sulfonamides is 1. The van der Waals surface area contributed by atoms with E-state index in [-0.39, 0.29) is 17.3 Å². The van der Waals surface area contributed by atoms with Gasteiger partial charge in [-0.1, -0.05) is 6.07 Å². The summed E-state index contributed by atoms with van der Waals surface area (Å²) in [7, 11) is -2.57. The van der Waals surface area contributed by atoms with Crippen LogP contribution in [0, 0.1) is 5.82 Å². The fourth-order valence-electron chi connectivity index (χ4n) is 4.29. The fourth-order valence-corrected chi connectivity index (χ4v) is 6.22. The van der Waals surface area contributed by atoms with Gasteiger partial charge in [0.15, 0.2) is 0 Å². The van der Waals surface area contributed by atoms with Gasteiger partial charge in [0, 0.05) is 37.9 Å². The summed E-state index contributed by atoms with van der Waals surface area (Å²) < 4.78 is 80.5. The number of piperidine rings is 1. The van der Waals surface area contributed by atoms with Gasteiger partial charge in [0.25, 0.3) is 0 Å². The number of nitrogens with zero attached hydrogens (tertiary/aromatic N) is 3. The van der Waals surface area contributed by atoms with Crippen LogP contribution in [0.5, 0.6) is 0 Å². The first-order valence-electron chi connectivity index (χ1n) is 11.3. The molecular formula is C24H29F4N3O3S. The second-order valence-electron chi connectivity index (χ2n) is 8.89. The van der Waals surface area contributed by atoms with E-state index >= 15 is 0 Å². The predicted molar refractivity (Wildman–Crippen MR) is 125 cm³/mol. The van der Waals surface area contributed by atoms with Crippen LogP contribution in [-0.2, 0) is 21.0 Å². The number of carbonyl (C=O) groups excluding carboxylic acids is 1. The van der Waals surface area contributed by atoms with Crippen LogP contribution < -0.4 is 4.90 Å². The number of likely N-dealkylation sites (tertiary alicyclic amines) is 1. The summed E-state index contributed by atoms with van der Waals surface area (Å²) >= 11 is 0. The lowest BCUT2D eigenvalue weighted by molar-refractivity contribution is -0.137. The molecule has 6 nitrogen and oxygen atoms in total. The molecule has 2 aromatic rings. The molecule has 11 heteroatoms. The summed E-state index contributed by atoms with van der Waals surface area (Å²) in [5, 5.41) is 0. The van der Waals surface area contributed by atoms with Crippen LogP contribution in [-0.4, -0.2) is 62.3 Å². The molecule has 0 spiro atoms. The first kappa shape index (κ1) is 27.1. The van der Waals surface area contributed by atoms with Crippen molar-refractivity contribution >= 4 is 21.6 Å². The highest BCUT2D eigenvalue weighted by molar-refractivity contribution is 7.89. The molecule has 0 aliphatic carbocycles. The maximum atomic E-state index is 13.3. The third-order valence-electron chi connectivity index (χ3n) is 6.11. The number of halogens is 4. The number of benzene rings is 2. The number of likely N-dealkylation sites (N-methyl/N-ethyl adjacent to an activating group) is 1. The molecular weight excluding hydrogens is 486 g/mol. The average molecular weight is 516 g/mol. The fraction of sp³-hybridized carbons (Fsp3) is 0.458. The van der Waals surface area contributed by atoms with Crippen LogP contribution >= 0.6 is 0 Å². The number of hydrogen-bond acceptors (Lipinski definition) is 4. The Labute approximate surface area is 203 Å². The molecule has 1 heterocycles. The Morgan fingerprint density at radius 1 is 1.09 bits per heavy atom. The Balaban J connectivity index is 1.68. The SMILES string of the molecule is CC(C)N(C1CCN(CC(=O)N(C)c2ccc(F)cc2)CC1)S(=O)(=O)c1cccc(C(F)(F)F)c1. The lowest BCUT2D eigenvalue weighted by Crippen LogP contribution is -2.51. The molecule has 1 aliphatic heterocycles. The Morgan fingerprint density at radius 3 is 2.23 bits per heavy atom.